The molecule has 2 aromatic rings. The fourth-order valence-electron chi connectivity index (χ4n) is 2.68. The molecule has 0 radical (unpaired) electrons. The van der Waals surface area contributed by atoms with E-state index in [1.807, 2.05) is 0 Å². The Kier molecular flexibility index (Phi) is 4.20. The summed E-state index contributed by atoms with van der Waals surface area (Å²) in [6, 6.07) is 4.78. The van der Waals surface area contributed by atoms with E-state index in [-0.39, 0.29) is 23.3 Å². The fraction of sp³-hybridized carbons (Fsp3) is 0.375. The zero-order valence-corrected chi connectivity index (χ0v) is 12.8. The van der Waals surface area contributed by atoms with E-state index in [0.717, 1.165) is 0 Å². The lowest BCUT2D eigenvalue weighted by Crippen LogP contribution is -2.42. The number of likely N-dealkylation sites (tertiary alicyclic amines) is 1. The summed E-state index contributed by atoms with van der Waals surface area (Å²) in [5.41, 5.74) is 0.610. The summed E-state index contributed by atoms with van der Waals surface area (Å²) >= 11 is 0. The lowest BCUT2D eigenvalue weighted by Gasteiger charge is -2.29. The number of carbonyl (C=O) groups is 1. The second-order valence-corrected chi connectivity index (χ2v) is 5.59. The van der Waals surface area contributed by atoms with Gasteiger partial charge >= 0.3 is 6.03 Å². The van der Waals surface area contributed by atoms with Crippen molar-refractivity contribution in [1.82, 2.24) is 9.88 Å². The zero-order chi connectivity index (χ0) is 16.4. The summed E-state index contributed by atoms with van der Waals surface area (Å²) < 4.78 is 5.13. The SMILES string of the molecule is COc1ccc2c(=O)c(NC(=O)N3CCC(O)CC3)c[nH]c2c1. The van der Waals surface area contributed by atoms with E-state index in [0.29, 0.717) is 42.6 Å². The first-order valence-corrected chi connectivity index (χ1v) is 7.52. The van der Waals surface area contributed by atoms with Crippen molar-refractivity contribution >= 4 is 22.6 Å². The molecule has 7 heteroatoms. The quantitative estimate of drug-likeness (QED) is 0.783. The van der Waals surface area contributed by atoms with E-state index in [1.54, 1.807) is 30.2 Å². The van der Waals surface area contributed by atoms with Crippen molar-refractivity contribution in [2.24, 2.45) is 0 Å². The molecule has 0 spiro atoms. The van der Waals surface area contributed by atoms with Crippen molar-refractivity contribution in [3.05, 3.63) is 34.6 Å². The second-order valence-electron chi connectivity index (χ2n) is 5.59. The van der Waals surface area contributed by atoms with Gasteiger partial charge in [0.1, 0.15) is 11.4 Å². The number of hydrogen-bond donors (Lipinski definition) is 3. The topological polar surface area (TPSA) is 94.7 Å². The molecular formula is C16H19N3O4. The number of aromatic nitrogens is 1. The Labute approximate surface area is 132 Å². The zero-order valence-electron chi connectivity index (χ0n) is 12.8. The van der Waals surface area contributed by atoms with E-state index < -0.39 is 0 Å². The molecule has 1 aliphatic heterocycles. The summed E-state index contributed by atoms with van der Waals surface area (Å²) in [7, 11) is 1.56. The largest absolute Gasteiger partial charge is 0.497 e. The number of amides is 2. The standard InChI is InChI=1S/C16H19N3O4/c1-23-11-2-3-12-13(8-11)17-9-14(15(12)21)18-16(22)19-6-4-10(20)5-7-19/h2-3,8-10,20H,4-7H2,1H3,(H,17,21)(H,18,22). The van der Waals surface area contributed by atoms with Crippen LogP contribution in [0.15, 0.2) is 29.2 Å². The number of nitrogens with zero attached hydrogens (tertiary/aromatic N) is 1. The van der Waals surface area contributed by atoms with Gasteiger partial charge in [0.15, 0.2) is 0 Å². The van der Waals surface area contributed by atoms with Crippen LogP contribution in [-0.4, -0.2) is 47.3 Å². The average molecular weight is 317 g/mol. The van der Waals surface area contributed by atoms with Crippen molar-refractivity contribution in [3.8, 4) is 5.75 Å². The highest BCUT2D eigenvalue weighted by molar-refractivity contribution is 5.92. The summed E-state index contributed by atoms with van der Waals surface area (Å²) in [6.07, 6.45) is 2.25. The first-order valence-electron chi connectivity index (χ1n) is 7.52. The number of methoxy groups -OCH3 is 1. The summed E-state index contributed by atoms with van der Waals surface area (Å²) in [5.74, 6) is 0.650. The summed E-state index contributed by atoms with van der Waals surface area (Å²) in [6.45, 7) is 0.964. The van der Waals surface area contributed by atoms with E-state index in [2.05, 4.69) is 10.3 Å². The van der Waals surface area contributed by atoms with Gasteiger partial charge in [0.05, 0.1) is 18.7 Å². The van der Waals surface area contributed by atoms with Crippen molar-refractivity contribution in [1.29, 1.82) is 0 Å². The normalized spacial score (nSPS) is 15.7. The van der Waals surface area contributed by atoms with Gasteiger partial charge in [0.2, 0.25) is 5.43 Å². The molecular weight excluding hydrogens is 298 g/mol. The molecule has 0 unspecified atom stereocenters. The molecule has 2 amide bonds. The molecule has 0 bridgehead atoms. The minimum absolute atomic E-state index is 0.207. The maximum Gasteiger partial charge on any atom is 0.321 e. The maximum atomic E-state index is 12.5. The van der Waals surface area contributed by atoms with Crippen molar-refractivity contribution in [2.45, 2.75) is 18.9 Å². The number of pyridine rings is 1. The van der Waals surface area contributed by atoms with Crippen LogP contribution < -0.4 is 15.5 Å². The molecule has 23 heavy (non-hydrogen) atoms. The van der Waals surface area contributed by atoms with Gasteiger partial charge in [-0.05, 0) is 25.0 Å². The first-order chi connectivity index (χ1) is 11.1. The number of nitrogens with one attached hydrogen (secondary N) is 2. The third kappa shape index (κ3) is 3.14. The van der Waals surface area contributed by atoms with Crippen LogP contribution in [0.5, 0.6) is 5.75 Å². The Bertz CT molecular complexity index is 778. The molecule has 2 heterocycles. The molecule has 1 aliphatic rings. The van der Waals surface area contributed by atoms with Gasteiger partial charge in [0.25, 0.3) is 0 Å². The van der Waals surface area contributed by atoms with E-state index in [4.69, 9.17) is 4.74 Å². The van der Waals surface area contributed by atoms with Crippen LogP contribution in [0.4, 0.5) is 10.5 Å². The maximum absolute atomic E-state index is 12.5. The number of hydrogen-bond acceptors (Lipinski definition) is 4. The molecule has 3 N–H and O–H groups in total. The van der Waals surface area contributed by atoms with Crippen molar-refractivity contribution in [3.63, 3.8) is 0 Å². The number of ether oxygens (including phenoxy) is 1. The van der Waals surface area contributed by atoms with Crippen LogP contribution in [0.25, 0.3) is 10.9 Å². The van der Waals surface area contributed by atoms with Crippen LogP contribution in [0, 0.1) is 0 Å². The number of carbonyl (C=O) groups excluding carboxylic acids is 1. The fourth-order valence-corrected chi connectivity index (χ4v) is 2.68. The number of aliphatic hydroxyl groups is 1. The number of benzene rings is 1. The molecule has 0 atom stereocenters. The van der Waals surface area contributed by atoms with Gasteiger partial charge in [0, 0.05) is 30.7 Å². The molecule has 7 nitrogen and oxygen atoms in total. The Morgan fingerprint density at radius 3 is 2.83 bits per heavy atom. The van der Waals surface area contributed by atoms with E-state index in [1.165, 1.54) is 6.20 Å². The van der Waals surface area contributed by atoms with Crippen LogP contribution in [0.3, 0.4) is 0 Å². The lowest BCUT2D eigenvalue weighted by molar-refractivity contribution is 0.0972. The Balaban J connectivity index is 1.82. The van der Waals surface area contributed by atoms with Crippen molar-refractivity contribution in [2.75, 3.05) is 25.5 Å². The van der Waals surface area contributed by atoms with Crippen LogP contribution in [0.1, 0.15) is 12.8 Å². The molecule has 0 saturated carbocycles. The molecule has 122 valence electrons. The number of H-pyrrole nitrogens is 1. The van der Waals surface area contributed by atoms with Gasteiger partial charge in [-0.3, -0.25) is 4.79 Å². The molecule has 1 saturated heterocycles. The number of aromatic amines is 1. The van der Waals surface area contributed by atoms with Gasteiger partial charge in [-0.1, -0.05) is 0 Å². The van der Waals surface area contributed by atoms with Crippen LogP contribution in [0.2, 0.25) is 0 Å². The van der Waals surface area contributed by atoms with E-state index >= 15 is 0 Å². The van der Waals surface area contributed by atoms with Crippen LogP contribution >= 0.6 is 0 Å². The minimum atomic E-state index is -0.349. The van der Waals surface area contributed by atoms with Gasteiger partial charge in [-0.15, -0.1) is 0 Å². The second kappa shape index (κ2) is 6.29. The van der Waals surface area contributed by atoms with E-state index in [9.17, 15) is 14.7 Å². The lowest BCUT2D eigenvalue weighted by atomic mass is 10.1. The number of aliphatic hydroxyl groups excluding tert-OH is 1. The number of urea groups is 1. The third-order valence-electron chi connectivity index (χ3n) is 4.08. The van der Waals surface area contributed by atoms with Crippen molar-refractivity contribution < 1.29 is 14.6 Å². The number of piperidine rings is 1. The molecule has 1 aromatic heterocycles. The minimum Gasteiger partial charge on any atom is -0.497 e. The average Bonchev–Trinajstić information content (AvgIpc) is 2.57. The highest BCUT2D eigenvalue weighted by atomic mass is 16.5. The number of anilines is 1. The summed E-state index contributed by atoms with van der Waals surface area (Å²) in [5, 5.41) is 12.6. The predicted molar refractivity (Wildman–Crippen MR) is 87.0 cm³/mol. The smallest absolute Gasteiger partial charge is 0.321 e. The molecule has 1 fully saturated rings. The molecule has 0 aliphatic carbocycles. The highest BCUT2D eigenvalue weighted by Crippen LogP contribution is 2.18. The van der Waals surface area contributed by atoms with Gasteiger partial charge in [-0.25, -0.2) is 4.79 Å². The molecule has 1 aromatic carbocycles. The first kappa shape index (κ1) is 15.4. The highest BCUT2D eigenvalue weighted by Gasteiger charge is 2.22. The Hall–Kier alpha value is -2.54. The van der Waals surface area contributed by atoms with Crippen LogP contribution in [-0.2, 0) is 0 Å². The number of fused-ring (bicyclic) bond motifs is 1. The monoisotopic (exact) mass is 317 g/mol. The Morgan fingerprint density at radius 2 is 2.13 bits per heavy atom. The third-order valence-corrected chi connectivity index (χ3v) is 4.08. The predicted octanol–water partition coefficient (Wildman–Crippen LogP) is 1.53. The number of rotatable bonds is 2. The van der Waals surface area contributed by atoms with Gasteiger partial charge in [-0.2, -0.15) is 0 Å². The molecule has 3 rings (SSSR count). The Morgan fingerprint density at radius 1 is 1.39 bits per heavy atom. The van der Waals surface area contributed by atoms with Gasteiger partial charge < -0.3 is 25.0 Å². The summed E-state index contributed by atoms with van der Waals surface area (Å²) in [4.78, 5) is 29.3.